The van der Waals surface area contributed by atoms with Crippen molar-refractivity contribution in [2.45, 2.75) is 19.0 Å². The van der Waals surface area contributed by atoms with Crippen LogP contribution in [-0.4, -0.2) is 10.8 Å². The molecule has 1 aliphatic rings. The number of aryl methyl sites for hydroxylation is 1. The minimum Gasteiger partial charge on any atom is -0.294 e. The molecular formula is C9H6F3NO. The molecule has 1 aliphatic carbocycles. The maximum Gasteiger partial charge on any atom is 0.417 e. The van der Waals surface area contributed by atoms with Crippen LogP contribution in [-0.2, 0) is 12.6 Å². The van der Waals surface area contributed by atoms with Crippen molar-refractivity contribution in [2.75, 3.05) is 0 Å². The van der Waals surface area contributed by atoms with Crippen molar-refractivity contribution in [3.63, 3.8) is 0 Å². The number of ketones is 1. The Morgan fingerprint density at radius 1 is 1.29 bits per heavy atom. The van der Waals surface area contributed by atoms with Crippen LogP contribution in [0.4, 0.5) is 13.2 Å². The summed E-state index contributed by atoms with van der Waals surface area (Å²) in [6.07, 6.45) is -2.92. The Labute approximate surface area is 77.8 Å². The van der Waals surface area contributed by atoms with Crippen LogP contribution >= 0.6 is 0 Å². The van der Waals surface area contributed by atoms with Gasteiger partial charge in [0.1, 0.15) is 0 Å². The molecule has 0 amide bonds. The molecule has 0 saturated carbocycles. The molecular weight excluding hydrogens is 195 g/mol. The van der Waals surface area contributed by atoms with Gasteiger partial charge in [0.15, 0.2) is 5.78 Å². The molecule has 0 N–H and O–H groups in total. The normalized spacial score (nSPS) is 15.8. The number of carbonyl (C=O) groups is 1. The Balaban J connectivity index is 2.64. The van der Waals surface area contributed by atoms with Crippen LogP contribution in [0.15, 0.2) is 12.3 Å². The summed E-state index contributed by atoms with van der Waals surface area (Å²) in [6.45, 7) is 0. The van der Waals surface area contributed by atoms with Gasteiger partial charge in [-0.3, -0.25) is 9.78 Å². The standard InChI is InChI=1S/C9H6F3NO/c10-9(11,12)5-3-4-13-6-1-2-7(14)8(5)6/h3-4H,1-2H2. The summed E-state index contributed by atoms with van der Waals surface area (Å²) >= 11 is 0. The zero-order valence-electron chi connectivity index (χ0n) is 7.06. The average molecular weight is 201 g/mol. The lowest BCUT2D eigenvalue weighted by atomic mass is 10.1. The molecule has 0 bridgehead atoms. The van der Waals surface area contributed by atoms with Crippen molar-refractivity contribution >= 4 is 5.78 Å². The lowest BCUT2D eigenvalue weighted by molar-refractivity contribution is -0.138. The molecule has 0 fully saturated rings. The molecule has 1 aromatic heterocycles. The zero-order chi connectivity index (χ0) is 10.3. The highest BCUT2D eigenvalue weighted by atomic mass is 19.4. The van der Waals surface area contributed by atoms with Crippen molar-refractivity contribution < 1.29 is 18.0 Å². The van der Waals surface area contributed by atoms with Gasteiger partial charge in [0, 0.05) is 12.6 Å². The van der Waals surface area contributed by atoms with Gasteiger partial charge >= 0.3 is 6.18 Å². The summed E-state index contributed by atoms with van der Waals surface area (Å²) in [4.78, 5) is 15.0. The second-order valence-electron chi connectivity index (χ2n) is 3.10. The van der Waals surface area contributed by atoms with Crippen LogP contribution in [0.2, 0.25) is 0 Å². The van der Waals surface area contributed by atoms with E-state index in [1.165, 1.54) is 0 Å². The molecule has 1 aromatic rings. The van der Waals surface area contributed by atoms with Crippen molar-refractivity contribution in [1.82, 2.24) is 4.98 Å². The van der Waals surface area contributed by atoms with Gasteiger partial charge in [-0.2, -0.15) is 13.2 Å². The van der Waals surface area contributed by atoms with Crippen LogP contribution in [0.3, 0.4) is 0 Å². The van der Waals surface area contributed by atoms with Crippen molar-refractivity contribution in [3.8, 4) is 0 Å². The molecule has 0 saturated heterocycles. The summed E-state index contributed by atoms with van der Waals surface area (Å²) in [5, 5.41) is 0. The number of nitrogens with zero attached hydrogens (tertiary/aromatic N) is 1. The number of hydrogen-bond donors (Lipinski definition) is 0. The van der Waals surface area contributed by atoms with E-state index in [0.29, 0.717) is 6.42 Å². The smallest absolute Gasteiger partial charge is 0.294 e. The lowest BCUT2D eigenvalue weighted by Crippen LogP contribution is -2.12. The fourth-order valence-electron chi connectivity index (χ4n) is 1.60. The van der Waals surface area contributed by atoms with Crippen LogP contribution in [0, 0.1) is 0 Å². The predicted molar refractivity (Wildman–Crippen MR) is 41.9 cm³/mol. The number of alkyl halides is 3. The maximum absolute atomic E-state index is 12.4. The average Bonchev–Trinajstić information content (AvgIpc) is 2.46. The third-order valence-corrected chi connectivity index (χ3v) is 2.20. The monoisotopic (exact) mass is 201 g/mol. The van der Waals surface area contributed by atoms with E-state index in [4.69, 9.17) is 0 Å². The van der Waals surface area contributed by atoms with Crippen LogP contribution in [0.25, 0.3) is 0 Å². The SMILES string of the molecule is O=C1CCc2nccc(C(F)(F)F)c21. The second-order valence-corrected chi connectivity index (χ2v) is 3.10. The first kappa shape index (κ1) is 9.18. The molecule has 2 rings (SSSR count). The topological polar surface area (TPSA) is 30.0 Å². The van der Waals surface area contributed by atoms with E-state index in [-0.39, 0.29) is 17.7 Å². The molecule has 0 unspecified atom stereocenters. The van der Waals surface area contributed by atoms with E-state index in [9.17, 15) is 18.0 Å². The molecule has 5 heteroatoms. The molecule has 1 heterocycles. The van der Waals surface area contributed by atoms with Gasteiger partial charge in [-0.05, 0) is 12.5 Å². The Hall–Kier alpha value is -1.39. The minimum absolute atomic E-state index is 0.134. The van der Waals surface area contributed by atoms with E-state index in [2.05, 4.69) is 4.98 Å². The Kier molecular flexibility index (Phi) is 1.83. The highest BCUT2D eigenvalue weighted by Crippen LogP contribution is 2.35. The highest BCUT2D eigenvalue weighted by Gasteiger charge is 2.38. The minimum atomic E-state index is -4.47. The van der Waals surface area contributed by atoms with Gasteiger partial charge in [0.05, 0.1) is 16.8 Å². The second kappa shape index (κ2) is 2.80. The number of hydrogen-bond acceptors (Lipinski definition) is 2. The van der Waals surface area contributed by atoms with E-state index >= 15 is 0 Å². The Morgan fingerprint density at radius 3 is 2.64 bits per heavy atom. The van der Waals surface area contributed by atoms with Gasteiger partial charge in [-0.1, -0.05) is 0 Å². The largest absolute Gasteiger partial charge is 0.417 e. The first-order valence-corrected chi connectivity index (χ1v) is 4.08. The Morgan fingerprint density at radius 2 is 2.00 bits per heavy atom. The summed E-state index contributed by atoms with van der Waals surface area (Å²) in [6, 6.07) is 0.849. The molecule has 2 nitrogen and oxygen atoms in total. The summed E-state index contributed by atoms with van der Waals surface area (Å²) in [5.41, 5.74) is -0.824. The third-order valence-electron chi connectivity index (χ3n) is 2.20. The molecule has 0 atom stereocenters. The van der Waals surface area contributed by atoms with Crippen LogP contribution in [0.5, 0.6) is 0 Å². The van der Waals surface area contributed by atoms with Gasteiger partial charge in [-0.15, -0.1) is 0 Å². The van der Waals surface area contributed by atoms with Gasteiger partial charge in [0.2, 0.25) is 0 Å². The maximum atomic E-state index is 12.4. The molecule has 0 aromatic carbocycles. The predicted octanol–water partition coefficient (Wildman–Crippen LogP) is 2.23. The number of Topliss-reactive ketones (excluding diaryl/α,β-unsaturated/α-hetero) is 1. The van der Waals surface area contributed by atoms with Gasteiger partial charge < -0.3 is 0 Å². The van der Waals surface area contributed by atoms with Crippen molar-refractivity contribution in [1.29, 1.82) is 0 Å². The number of fused-ring (bicyclic) bond motifs is 1. The third kappa shape index (κ3) is 1.29. The van der Waals surface area contributed by atoms with Gasteiger partial charge in [0.25, 0.3) is 0 Å². The molecule has 14 heavy (non-hydrogen) atoms. The van der Waals surface area contributed by atoms with Gasteiger partial charge in [-0.25, -0.2) is 0 Å². The Bertz CT molecular complexity index is 398. The number of pyridine rings is 1. The number of carbonyl (C=O) groups excluding carboxylic acids is 1. The fourth-order valence-corrected chi connectivity index (χ4v) is 1.60. The summed E-state index contributed by atoms with van der Waals surface area (Å²) in [5.74, 6) is -0.458. The summed E-state index contributed by atoms with van der Waals surface area (Å²) < 4.78 is 37.3. The zero-order valence-corrected chi connectivity index (χ0v) is 7.06. The fraction of sp³-hybridized carbons (Fsp3) is 0.333. The van der Waals surface area contributed by atoms with Crippen LogP contribution in [0.1, 0.15) is 28.0 Å². The van der Waals surface area contributed by atoms with E-state index in [0.717, 1.165) is 12.3 Å². The summed E-state index contributed by atoms with van der Waals surface area (Å²) in [7, 11) is 0. The first-order chi connectivity index (χ1) is 6.50. The molecule has 74 valence electrons. The quantitative estimate of drug-likeness (QED) is 0.644. The number of rotatable bonds is 0. The van der Waals surface area contributed by atoms with E-state index in [1.807, 2.05) is 0 Å². The first-order valence-electron chi connectivity index (χ1n) is 4.08. The van der Waals surface area contributed by atoms with E-state index < -0.39 is 17.5 Å². The van der Waals surface area contributed by atoms with Crippen molar-refractivity contribution in [3.05, 3.63) is 29.1 Å². The number of halogens is 3. The van der Waals surface area contributed by atoms with E-state index in [1.54, 1.807) is 0 Å². The molecule has 0 aliphatic heterocycles. The molecule has 0 radical (unpaired) electrons. The number of aromatic nitrogens is 1. The lowest BCUT2D eigenvalue weighted by Gasteiger charge is -2.09. The molecule has 0 spiro atoms. The highest BCUT2D eigenvalue weighted by molar-refractivity contribution is 6.01. The van der Waals surface area contributed by atoms with Crippen LogP contribution < -0.4 is 0 Å². The van der Waals surface area contributed by atoms with Crippen molar-refractivity contribution in [2.24, 2.45) is 0 Å².